The van der Waals surface area contributed by atoms with Crippen LogP contribution >= 0.6 is 0 Å². The minimum atomic E-state index is -0.217. The maximum atomic E-state index is 13.3. The van der Waals surface area contributed by atoms with Crippen molar-refractivity contribution < 1.29 is 19.0 Å². The molecule has 170 valence electrons. The minimum absolute atomic E-state index is 0.0343. The monoisotopic (exact) mass is 445 g/mol. The Bertz CT molecular complexity index is 1210. The summed E-state index contributed by atoms with van der Waals surface area (Å²) < 4.78 is 19.2. The minimum Gasteiger partial charge on any atom is -0.494 e. The molecule has 0 atom stereocenters. The number of aromatic nitrogens is 1. The standard InChI is InChI=1S/C26H27N3O4/c1-2-31-19-6-7-21-20(17-19)27-26(24-4-3-11-29(21)24)9-12-28(13-10-26)25(30)18-5-8-22-23(16-18)33-15-14-32-22/h3-8,11,16-17,27H,2,9-10,12-15H2,1H3. The van der Waals surface area contributed by atoms with Crippen molar-refractivity contribution >= 4 is 11.6 Å². The Kier molecular flexibility index (Phi) is 4.71. The van der Waals surface area contributed by atoms with E-state index in [-0.39, 0.29) is 11.4 Å². The van der Waals surface area contributed by atoms with Gasteiger partial charge in [0, 0.05) is 36.6 Å². The Balaban J connectivity index is 1.24. The van der Waals surface area contributed by atoms with Gasteiger partial charge >= 0.3 is 0 Å². The molecule has 1 amide bonds. The fourth-order valence-corrected chi connectivity index (χ4v) is 5.22. The van der Waals surface area contributed by atoms with Gasteiger partial charge < -0.3 is 29.0 Å². The molecule has 3 aliphatic heterocycles. The van der Waals surface area contributed by atoms with Crippen molar-refractivity contribution in [3.05, 3.63) is 66.0 Å². The molecule has 0 saturated carbocycles. The topological polar surface area (TPSA) is 65.0 Å². The van der Waals surface area contributed by atoms with E-state index in [2.05, 4.69) is 40.3 Å². The highest BCUT2D eigenvalue weighted by Gasteiger charge is 2.42. The normalized spacial score (nSPS) is 17.7. The van der Waals surface area contributed by atoms with Crippen molar-refractivity contribution in [3.63, 3.8) is 0 Å². The summed E-state index contributed by atoms with van der Waals surface area (Å²) in [6.07, 6.45) is 3.76. The van der Waals surface area contributed by atoms with E-state index in [1.165, 1.54) is 5.69 Å². The third-order valence-electron chi connectivity index (χ3n) is 6.84. The summed E-state index contributed by atoms with van der Waals surface area (Å²) in [5.74, 6) is 2.24. The molecule has 4 heterocycles. The predicted octanol–water partition coefficient (Wildman–Crippen LogP) is 4.20. The van der Waals surface area contributed by atoms with Crippen molar-refractivity contribution in [1.82, 2.24) is 9.47 Å². The first-order valence-corrected chi connectivity index (χ1v) is 11.6. The fraction of sp³-hybridized carbons (Fsp3) is 0.346. The average molecular weight is 446 g/mol. The molecule has 33 heavy (non-hydrogen) atoms. The molecule has 1 spiro atoms. The molecule has 7 nitrogen and oxygen atoms in total. The van der Waals surface area contributed by atoms with Gasteiger partial charge in [-0.05, 0) is 62.2 Å². The fourth-order valence-electron chi connectivity index (χ4n) is 5.22. The number of carbonyl (C=O) groups excluding carboxylic acids is 1. The van der Waals surface area contributed by atoms with Crippen LogP contribution in [0.15, 0.2) is 54.7 Å². The lowest BCUT2D eigenvalue weighted by atomic mass is 9.82. The van der Waals surface area contributed by atoms with Gasteiger partial charge in [0.05, 0.1) is 23.5 Å². The highest BCUT2D eigenvalue weighted by atomic mass is 16.6. The molecule has 3 aliphatic rings. The van der Waals surface area contributed by atoms with E-state index in [9.17, 15) is 4.79 Å². The first-order valence-electron chi connectivity index (χ1n) is 11.6. The summed E-state index contributed by atoms with van der Waals surface area (Å²) in [6.45, 7) is 5.02. The molecule has 1 N–H and O–H groups in total. The number of piperidine rings is 1. The van der Waals surface area contributed by atoms with Crippen LogP contribution in [0.2, 0.25) is 0 Å². The molecule has 6 rings (SSSR count). The van der Waals surface area contributed by atoms with E-state index < -0.39 is 0 Å². The second-order valence-corrected chi connectivity index (χ2v) is 8.73. The molecule has 2 aromatic carbocycles. The number of amides is 1. The number of fused-ring (bicyclic) bond motifs is 5. The Labute approximate surface area is 192 Å². The van der Waals surface area contributed by atoms with E-state index in [0.717, 1.165) is 30.0 Å². The van der Waals surface area contributed by atoms with E-state index >= 15 is 0 Å². The van der Waals surface area contributed by atoms with Gasteiger partial charge in [0.25, 0.3) is 5.91 Å². The number of carbonyl (C=O) groups is 1. The van der Waals surface area contributed by atoms with Crippen molar-refractivity contribution in [2.45, 2.75) is 25.3 Å². The number of nitrogens with one attached hydrogen (secondary N) is 1. The summed E-state index contributed by atoms with van der Waals surface area (Å²) in [4.78, 5) is 15.2. The van der Waals surface area contributed by atoms with Gasteiger partial charge in [-0.3, -0.25) is 4.79 Å². The smallest absolute Gasteiger partial charge is 0.253 e. The molecule has 1 aromatic heterocycles. The first-order chi connectivity index (χ1) is 16.2. The zero-order valence-corrected chi connectivity index (χ0v) is 18.7. The van der Waals surface area contributed by atoms with Gasteiger partial charge in [-0.15, -0.1) is 0 Å². The molecule has 1 saturated heterocycles. The quantitative estimate of drug-likeness (QED) is 0.655. The van der Waals surface area contributed by atoms with Gasteiger partial charge in [0.1, 0.15) is 19.0 Å². The number of likely N-dealkylation sites (tertiary alicyclic amines) is 1. The number of nitrogens with zero attached hydrogens (tertiary/aromatic N) is 2. The van der Waals surface area contributed by atoms with E-state index in [4.69, 9.17) is 14.2 Å². The second kappa shape index (κ2) is 7.76. The molecule has 0 aliphatic carbocycles. The van der Waals surface area contributed by atoms with Crippen molar-refractivity contribution in [3.8, 4) is 22.9 Å². The highest BCUT2D eigenvalue weighted by Crippen LogP contribution is 2.44. The zero-order chi connectivity index (χ0) is 22.4. The summed E-state index contributed by atoms with van der Waals surface area (Å²) >= 11 is 0. The maximum Gasteiger partial charge on any atom is 0.253 e. The second-order valence-electron chi connectivity index (χ2n) is 8.73. The average Bonchev–Trinajstić information content (AvgIpc) is 3.35. The summed E-state index contributed by atoms with van der Waals surface area (Å²) in [7, 11) is 0. The van der Waals surface area contributed by atoms with Crippen LogP contribution in [0.25, 0.3) is 5.69 Å². The Morgan fingerprint density at radius 1 is 1.06 bits per heavy atom. The highest BCUT2D eigenvalue weighted by molar-refractivity contribution is 5.95. The van der Waals surface area contributed by atoms with Gasteiger partial charge in [0.15, 0.2) is 11.5 Å². The van der Waals surface area contributed by atoms with Crippen LogP contribution < -0.4 is 19.5 Å². The van der Waals surface area contributed by atoms with Gasteiger partial charge in [0.2, 0.25) is 0 Å². The number of hydrogen-bond donors (Lipinski definition) is 1. The molecule has 3 aromatic rings. The van der Waals surface area contributed by atoms with Crippen LogP contribution in [-0.2, 0) is 5.54 Å². The third-order valence-corrected chi connectivity index (χ3v) is 6.84. The summed E-state index contributed by atoms with van der Waals surface area (Å²) in [5, 5.41) is 3.82. The van der Waals surface area contributed by atoms with Gasteiger partial charge in [-0.2, -0.15) is 0 Å². The number of rotatable bonds is 3. The van der Waals surface area contributed by atoms with Gasteiger partial charge in [-0.25, -0.2) is 0 Å². The maximum absolute atomic E-state index is 13.3. The lowest BCUT2D eigenvalue weighted by molar-refractivity contribution is 0.0675. The Morgan fingerprint density at radius 3 is 2.70 bits per heavy atom. The van der Waals surface area contributed by atoms with E-state index in [1.807, 2.05) is 30.0 Å². The zero-order valence-electron chi connectivity index (χ0n) is 18.7. The Hall–Kier alpha value is -3.61. The lowest BCUT2D eigenvalue weighted by Gasteiger charge is -2.46. The molecule has 1 fully saturated rings. The van der Waals surface area contributed by atoms with E-state index in [1.54, 1.807) is 6.07 Å². The van der Waals surface area contributed by atoms with Crippen molar-refractivity contribution in [1.29, 1.82) is 0 Å². The van der Waals surface area contributed by atoms with Crippen LogP contribution in [0.1, 0.15) is 35.8 Å². The number of hydrogen-bond acceptors (Lipinski definition) is 5. The first kappa shape index (κ1) is 20.0. The molecule has 7 heteroatoms. The SMILES string of the molecule is CCOc1ccc2c(c1)NC1(CCN(C(=O)c3ccc4c(c3)OCCO4)CC1)c1cccn1-2. The molecule has 0 unspecified atom stereocenters. The van der Waals surface area contributed by atoms with Crippen LogP contribution in [0, 0.1) is 0 Å². The van der Waals surface area contributed by atoms with Crippen molar-refractivity contribution in [2.24, 2.45) is 0 Å². The molecular formula is C26H27N3O4. The summed E-state index contributed by atoms with van der Waals surface area (Å²) in [6, 6.07) is 15.9. The molecular weight excluding hydrogens is 418 g/mol. The van der Waals surface area contributed by atoms with Crippen LogP contribution in [0.3, 0.4) is 0 Å². The van der Waals surface area contributed by atoms with Gasteiger partial charge in [-0.1, -0.05) is 0 Å². The van der Waals surface area contributed by atoms with Crippen LogP contribution in [0.4, 0.5) is 5.69 Å². The van der Waals surface area contributed by atoms with Crippen molar-refractivity contribution in [2.75, 3.05) is 38.2 Å². The largest absolute Gasteiger partial charge is 0.494 e. The summed E-state index contributed by atoms with van der Waals surface area (Å²) in [5.41, 5.74) is 3.85. The molecule has 0 bridgehead atoms. The Morgan fingerprint density at radius 2 is 1.88 bits per heavy atom. The lowest BCUT2D eigenvalue weighted by Crippen LogP contribution is -2.51. The van der Waals surface area contributed by atoms with E-state index in [0.29, 0.717) is 50.0 Å². The van der Waals surface area contributed by atoms with Crippen LogP contribution in [0.5, 0.6) is 17.2 Å². The van der Waals surface area contributed by atoms with Crippen LogP contribution in [-0.4, -0.2) is 48.3 Å². The number of ether oxygens (including phenoxy) is 3. The number of anilines is 1. The predicted molar refractivity (Wildman–Crippen MR) is 125 cm³/mol. The third kappa shape index (κ3) is 3.30. The number of benzene rings is 2. The molecule has 0 radical (unpaired) electrons.